The number of nitrogen functional groups attached to an aromatic ring is 1. The van der Waals surface area contributed by atoms with E-state index in [1.165, 1.54) is 7.11 Å². The SMILES string of the molecule is COCC(CO)NS(=O)(=O)c1cc(C)cc(N)c1C. The van der Waals surface area contributed by atoms with Crippen LogP contribution in [0.4, 0.5) is 5.69 Å². The van der Waals surface area contributed by atoms with E-state index in [0.29, 0.717) is 11.3 Å². The summed E-state index contributed by atoms with van der Waals surface area (Å²) in [5, 5.41) is 9.11. The number of sulfonamides is 1. The van der Waals surface area contributed by atoms with Crippen LogP contribution < -0.4 is 10.5 Å². The van der Waals surface area contributed by atoms with Crippen LogP contribution in [0.25, 0.3) is 0 Å². The van der Waals surface area contributed by atoms with Crippen molar-refractivity contribution in [3.63, 3.8) is 0 Å². The van der Waals surface area contributed by atoms with Crippen LogP contribution in [0.15, 0.2) is 17.0 Å². The van der Waals surface area contributed by atoms with Gasteiger partial charge in [0.1, 0.15) is 0 Å². The van der Waals surface area contributed by atoms with Gasteiger partial charge in [-0.05, 0) is 37.1 Å². The van der Waals surface area contributed by atoms with Gasteiger partial charge in [-0.3, -0.25) is 0 Å². The van der Waals surface area contributed by atoms with Crippen molar-refractivity contribution >= 4 is 15.7 Å². The average molecular weight is 288 g/mol. The molecule has 1 unspecified atom stereocenters. The van der Waals surface area contributed by atoms with Gasteiger partial charge in [-0.15, -0.1) is 0 Å². The number of hydrogen-bond acceptors (Lipinski definition) is 5. The lowest BCUT2D eigenvalue weighted by Gasteiger charge is -2.17. The maximum atomic E-state index is 12.3. The summed E-state index contributed by atoms with van der Waals surface area (Å²) in [6.45, 7) is 3.17. The molecule has 19 heavy (non-hydrogen) atoms. The van der Waals surface area contributed by atoms with Crippen molar-refractivity contribution in [2.24, 2.45) is 0 Å². The van der Waals surface area contributed by atoms with E-state index in [1.54, 1.807) is 26.0 Å². The van der Waals surface area contributed by atoms with Crippen LogP contribution in [0.2, 0.25) is 0 Å². The molecule has 0 radical (unpaired) electrons. The van der Waals surface area contributed by atoms with E-state index >= 15 is 0 Å². The maximum absolute atomic E-state index is 12.3. The van der Waals surface area contributed by atoms with Crippen molar-refractivity contribution < 1.29 is 18.3 Å². The van der Waals surface area contributed by atoms with Gasteiger partial charge in [0.2, 0.25) is 10.0 Å². The molecule has 7 heteroatoms. The fourth-order valence-electron chi connectivity index (χ4n) is 1.74. The number of hydrogen-bond donors (Lipinski definition) is 3. The Labute approximate surface area is 113 Å². The Morgan fingerprint density at radius 3 is 2.58 bits per heavy atom. The van der Waals surface area contributed by atoms with Crippen molar-refractivity contribution in [2.75, 3.05) is 26.1 Å². The number of aryl methyl sites for hydroxylation is 1. The van der Waals surface area contributed by atoms with Gasteiger partial charge in [0.05, 0.1) is 24.2 Å². The lowest BCUT2D eigenvalue weighted by Crippen LogP contribution is -2.40. The second-order valence-corrected chi connectivity index (χ2v) is 6.12. The summed E-state index contributed by atoms with van der Waals surface area (Å²) in [7, 11) is -2.30. The van der Waals surface area contributed by atoms with E-state index in [4.69, 9.17) is 15.6 Å². The summed E-state index contributed by atoms with van der Waals surface area (Å²) in [6.07, 6.45) is 0. The minimum Gasteiger partial charge on any atom is -0.398 e. The van der Waals surface area contributed by atoms with Crippen molar-refractivity contribution in [3.05, 3.63) is 23.3 Å². The van der Waals surface area contributed by atoms with Crippen molar-refractivity contribution in [2.45, 2.75) is 24.8 Å². The van der Waals surface area contributed by atoms with Crippen molar-refractivity contribution in [1.82, 2.24) is 4.72 Å². The topological polar surface area (TPSA) is 102 Å². The maximum Gasteiger partial charge on any atom is 0.241 e. The largest absolute Gasteiger partial charge is 0.398 e. The van der Waals surface area contributed by atoms with Crippen LogP contribution >= 0.6 is 0 Å². The van der Waals surface area contributed by atoms with Crippen LogP contribution in [0.3, 0.4) is 0 Å². The number of aliphatic hydroxyl groups is 1. The van der Waals surface area contributed by atoms with Gasteiger partial charge in [-0.25, -0.2) is 13.1 Å². The molecule has 108 valence electrons. The molecule has 0 amide bonds. The summed E-state index contributed by atoms with van der Waals surface area (Å²) in [5.41, 5.74) is 7.45. The molecule has 0 fully saturated rings. The zero-order chi connectivity index (χ0) is 14.6. The van der Waals surface area contributed by atoms with E-state index in [1.807, 2.05) is 0 Å². The first kappa shape index (κ1) is 15.9. The van der Waals surface area contributed by atoms with Gasteiger partial charge in [0.25, 0.3) is 0 Å². The van der Waals surface area contributed by atoms with Crippen LogP contribution in [-0.2, 0) is 14.8 Å². The number of aliphatic hydroxyl groups excluding tert-OH is 1. The molecule has 0 bridgehead atoms. The van der Waals surface area contributed by atoms with E-state index < -0.39 is 16.1 Å². The highest BCUT2D eigenvalue weighted by Gasteiger charge is 2.22. The van der Waals surface area contributed by atoms with Gasteiger partial charge in [0.15, 0.2) is 0 Å². The second-order valence-electron chi connectivity index (χ2n) is 4.43. The predicted molar refractivity (Wildman–Crippen MR) is 73.4 cm³/mol. The van der Waals surface area contributed by atoms with Crippen LogP contribution in [0.5, 0.6) is 0 Å². The molecule has 0 aliphatic heterocycles. The first-order valence-electron chi connectivity index (χ1n) is 5.80. The van der Waals surface area contributed by atoms with Crippen LogP contribution in [-0.4, -0.2) is 39.9 Å². The number of nitrogens with two attached hydrogens (primary N) is 1. The minimum absolute atomic E-state index is 0.0933. The molecule has 0 heterocycles. The molecule has 0 saturated carbocycles. The van der Waals surface area contributed by atoms with Crippen LogP contribution in [0.1, 0.15) is 11.1 Å². The summed E-state index contributed by atoms with van der Waals surface area (Å²) >= 11 is 0. The van der Waals surface area contributed by atoms with Crippen LogP contribution in [0, 0.1) is 13.8 Å². The molecule has 6 nitrogen and oxygen atoms in total. The van der Waals surface area contributed by atoms with E-state index in [0.717, 1.165) is 5.56 Å². The minimum atomic E-state index is -3.74. The molecule has 0 spiro atoms. The van der Waals surface area contributed by atoms with Gasteiger partial charge in [-0.2, -0.15) is 0 Å². The average Bonchev–Trinajstić information content (AvgIpc) is 2.32. The number of nitrogens with one attached hydrogen (secondary N) is 1. The Balaban J connectivity index is 3.13. The van der Waals surface area contributed by atoms with Gasteiger partial charge >= 0.3 is 0 Å². The van der Waals surface area contributed by atoms with Gasteiger partial charge < -0.3 is 15.6 Å². The molecule has 0 aliphatic carbocycles. The zero-order valence-electron chi connectivity index (χ0n) is 11.3. The number of benzene rings is 1. The predicted octanol–water partition coefficient (Wildman–Crippen LogP) is 0.171. The number of ether oxygens (including phenoxy) is 1. The summed E-state index contributed by atoms with van der Waals surface area (Å²) in [5.74, 6) is 0. The quantitative estimate of drug-likeness (QED) is 0.648. The summed E-state index contributed by atoms with van der Waals surface area (Å²) in [4.78, 5) is 0.125. The smallest absolute Gasteiger partial charge is 0.241 e. The zero-order valence-corrected chi connectivity index (χ0v) is 12.1. The van der Waals surface area contributed by atoms with Gasteiger partial charge in [0, 0.05) is 12.8 Å². The lowest BCUT2D eigenvalue weighted by molar-refractivity contribution is 0.139. The molecule has 1 aromatic rings. The third-order valence-electron chi connectivity index (χ3n) is 2.74. The van der Waals surface area contributed by atoms with Gasteiger partial charge in [-0.1, -0.05) is 0 Å². The molecular formula is C12H20N2O4S. The van der Waals surface area contributed by atoms with E-state index in [2.05, 4.69) is 4.72 Å². The first-order chi connectivity index (χ1) is 8.81. The Bertz CT molecular complexity index is 543. The molecule has 1 atom stereocenters. The van der Waals surface area contributed by atoms with Crippen molar-refractivity contribution in [3.8, 4) is 0 Å². The Morgan fingerprint density at radius 1 is 1.42 bits per heavy atom. The lowest BCUT2D eigenvalue weighted by atomic mass is 10.1. The van der Waals surface area contributed by atoms with E-state index in [9.17, 15) is 8.42 Å². The highest BCUT2D eigenvalue weighted by molar-refractivity contribution is 7.89. The standard InChI is InChI=1S/C12H20N2O4S/c1-8-4-11(13)9(2)12(5-8)19(16,17)14-10(6-15)7-18-3/h4-5,10,14-15H,6-7,13H2,1-3H3. The molecule has 0 aromatic heterocycles. The third kappa shape index (κ3) is 3.90. The molecule has 4 N–H and O–H groups in total. The van der Waals surface area contributed by atoms with Crippen molar-refractivity contribution in [1.29, 1.82) is 0 Å². The second kappa shape index (κ2) is 6.33. The molecule has 1 aromatic carbocycles. The third-order valence-corrected chi connectivity index (χ3v) is 4.39. The fraction of sp³-hybridized carbons (Fsp3) is 0.500. The van der Waals surface area contributed by atoms with E-state index in [-0.39, 0.29) is 18.1 Å². The highest BCUT2D eigenvalue weighted by Crippen LogP contribution is 2.23. The number of methoxy groups -OCH3 is 1. The molecule has 1 rings (SSSR count). The normalized spacial score (nSPS) is 13.5. The summed E-state index contributed by atoms with van der Waals surface area (Å²) < 4.78 is 31.8. The number of rotatable bonds is 6. The Hall–Kier alpha value is -1.15. The molecule has 0 aliphatic rings. The molecule has 0 saturated heterocycles. The molecular weight excluding hydrogens is 268 g/mol. The Kier molecular flexibility index (Phi) is 5.30. The fourth-order valence-corrected chi connectivity index (χ4v) is 3.31. The Morgan fingerprint density at radius 2 is 2.05 bits per heavy atom. The number of anilines is 1. The highest BCUT2D eigenvalue weighted by atomic mass is 32.2. The summed E-state index contributed by atoms with van der Waals surface area (Å²) in [6, 6.07) is 2.58. The monoisotopic (exact) mass is 288 g/mol. The first-order valence-corrected chi connectivity index (χ1v) is 7.29.